The predicted octanol–water partition coefficient (Wildman–Crippen LogP) is 3.66. The third kappa shape index (κ3) is 3.57. The molecule has 0 saturated carbocycles. The molecule has 2 aromatic rings. The van der Waals surface area contributed by atoms with Gasteiger partial charge in [-0.25, -0.2) is 4.39 Å². The molecule has 0 aliphatic heterocycles. The molecule has 0 heterocycles. The van der Waals surface area contributed by atoms with Crippen molar-refractivity contribution in [1.29, 1.82) is 0 Å². The standard InChI is InChI=1S/C15H14BrFN2O/c1-9-5-13(17)12(16)8-14(9)19-15(20)7-10-3-2-4-11(18)6-10/h2-6,8H,7,18H2,1H3,(H,19,20). The Hall–Kier alpha value is -1.88. The summed E-state index contributed by atoms with van der Waals surface area (Å²) in [5.41, 5.74) is 8.39. The van der Waals surface area contributed by atoms with E-state index in [1.165, 1.54) is 6.07 Å². The van der Waals surface area contributed by atoms with Gasteiger partial charge in [0.05, 0.1) is 10.9 Å². The highest BCUT2D eigenvalue weighted by molar-refractivity contribution is 9.10. The Morgan fingerprint density at radius 3 is 2.80 bits per heavy atom. The lowest BCUT2D eigenvalue weighted by Gasteiger charge is -2.10. The largest absolute Gasteiger partial charge is 0.399 e. The lowest BCUT2D eigenvalue weighted by molar-refractivity contribution is -0.115. The second-order valence-corrected chi connectivity index (χ2v) is 5.41. The molecule has 3 nitrogen and oxygen atoms in total. The van der Waals surface area contributed by atoms with Gasteiger partial charge in [-0.2, -0.15) is 0 Å². The number of nitrogens with one attached hydrogen (secondary N) is 1. The molecule has 0 unspecified atom stereocenters. The fraction of sp³-hybridized carbons (Fsp3) is 0.133. The van der Waals surface area contributed by atoms with Crippen LogP contribution in [0.3, 0.4) is 0 Å². The zero-order chi connectivity index (χ0) is 14.7. The van der Waals surface area contributed by atoms with Gasteiger partial charge < -0.3 is 11.1 Å². The van der Waals surface area contributed by atoms with E-state index in [-0.39, 0.29) is 18.1 Å². The van der Waals surface area contributed by atoms with Gasteiger partial charge in [0.2, 0.25) is 5.91 Å². The number of anilines is 2. The van der Waals surface area contributed by atoms with Crippen molar-refractivity contribution >= 4 is 33.2 Å². The maximum Gasteiger partial charge on any atom is 0.228 e. The number of rotatable bonds is 3. The molecule has 20 heavy (non-hydrogen) atoms. The summed E-state index contributed by atoms with van der Waals surface area (Å²) in [5.74, 6) is -0.520. The summed E-state index contributed by atoms with van der Waals surface area (Å²) in [6.07, 6.45) is 0.222. The zero-order valence-corrected chi connectivity index (χ0v) is 12.5. The van der Waals surface area contributed by atoms with E-state index in [0.717, 1.165) is 5.56 Å². The van der Waals surface area contributed by atoms with E-state index in [1.807, 2.05) is 6.07 Å². The number of nitrogen functional groups attached to an aromatic ring is 1. The Morgan fingerprint density at radius 1 is 1.35 bits per heavy atom. The molecule has 2 rings (SSSR count). The summed E-state index contributed by atoms with van der Waals surface area (Å²) >= 11 is 3.10. The van der Waals surface area contributed by atoms with Crippen LogP contribution in [0.1, 0.15) is 11.1 Å². The van der Waals surface area contributed by atoms with Crippen molar-refractivity contribution in [3.05, 3.63) is 57.8 Å². The molecule has 104 valence electrons. The van der Waals surface area contributed by atoms with E-state index in [0.29, 0.717) is 21.4 Å². The Bertz CT molecular complexity index is 658. The number of carbonyl (C=O) groups is 1. The van der Waals surface area contributed by atoms with Gasteiger partial charge in [0.1, 0.15) is 5.82 Å². The van der Waals surface area contributed by atoms with Crippen molar-refractivity contribution in [3.8, 4) is 0 Å². The lowest BCUT2D eigenvalue weighted by Crippen LogP contribution is -2.15. The molecule has 0 spiro atoms. The highest BCUT2D eigenvalue weighted by Gasteiger charge is 2.09. The second kappa shape index (κ2) is 6.05. The minimum atomic E-state index is -0.351. The Kier molecular flexibility index (Phi) is 4.39. The summed E-state index contributed by atoms with van der Waals surface area (Å²) in [7, 11) is 0. The van der Waals surface area contributed by atoms with Crippen LogP contribution in [-0.4, -0.2) is 5.91 Å². The number of hydrogen-bond donors (Lipinski definition) is 2. The van der Waals surface area contributed by atoms with Crippen molar-refractivity contribution < 1.29 is 9.18 Å². The number of benzene rings is 2. The number of nitrogens with two attached hydrogens (primary N) is 1. The quantitative estimate of drug-likeness (QED) is 0.840. The Morgan fingerprint density at radius 2 is 2.10 bits per heavy atom. The van der Waals surface area contributed by atoms with Gasteiger partial charge in [-0.15, -0.1) is 0 Å². The maximum absolute atomic E-state index is 13.3. The minimum Gasteiger partial charge on any atom is -0.399 e. The van der Waals surface area contributed by atoms with Gasteiger partial charge in [-0.1, -0.05) is 12.1 Å². The van der Waals surface area contributed by atoms with Crippen LogP contribution in [0, 0.1) is 12.7 Å². The molecule has 0 radical (unpaired) electrons. The van der Waals surface area contributed by atoms with Gasteiger partial charge in [0.15, 0.2) is 0 Å². The van der Waals surface area contributed by atoms with E-state index in [2.05, 4.69) is 21.2 Å². The molecule has 0 atom stereocenters. The van der Waals surface area contributed by atoms with Gasteiger partial charge in [0, 0.05) is 11.4 Å². The number of aryl methyl sites for hydroxylation is 1. The molecule has 3 N–H and O–H groups in total. The first kappa shape index (κ1) is 14.5. The monoisotopic (exact) mass is 336 g/mol. The lowest BCUT2D eigenvalue weighted by atomic mass is 10.1. The van der Waals surface area contributed by atoms with Crippen molar-refractivity contribution in [3.63, 3.8) is 0 Å². The van der Waals surface area contributed by atoms with Crippen LogP contribution in [0.25, 0.3) is 0 Å². The first-order valence-corrected chi connectivity index (χ1v) is 6.85. The first-order valence-electron chi connectivity index (χ1n) is 6.05. The van der Waals surface area contributed by atoms with E-state index in [1.54, 1.807) is 31.2 Å². The smallest absolute Gasteiger partial charge is 0.228 e. The van der Waals surface area contributed by atoms with E-state index >= 15 is 0 Å². The molecular weight excluding hydrogens is 323 g/mol. The average molecular weight is 337 g/mol. The van der Waals surface area contributed by atoms with Crippen LogP contribution < -0.4 is 11.1 Å². The van der Waals surface area contributed by atoms with Crippen molar-refractivity contribution in [2.75, 3.05) is 11.1 Å². The number of carbonyl (C=O) groups excluding carboxylic acids is 1. The molecule has 0 bridgehead atoms. The summed E-state index contributed by atoms with van der Waals surface area (Å²) < 4.78 is 13.6. The molecule has 1 amide bonds. The summed E-state index contributed by atoms with van der Waals surface area (Å²) in [6.45, 7) is 1.74. The highest BCUT2D eigenvalue weighted by Crippen LogP contribution is 2.24. The number of hydrogen-bond acceptors (Lipinski definition) is 2. The molecule has 0 aromatic heterocycles. The van der Waals surface area contributed by atoms with Crippen LogP contribution in [0.15, 0.2) is 40.9 Å². The summed E-state index contributed by atoms with van der Waals surface area (Å²) in [6, 6.07) is 10.1. The second-order valence-electron chi connectivity index (χ2n) is 4.55. The van der Waals surface area contributed by atoms with E-state index in [9.17, 15) is 9.18 Å². The average Bonchev–Trinajstić information content (AvgIpc) is 2.36. The normalized spacial score (nSPS) is 10.3. The fourth-order valence-corrected chi connectivity index (χ4v) is 2.21. The minimum absolute atomic E-state index is 0.169. The fourth-order valence-electron chi connectivity index (χ4n) is 1.86. The van der Waals surface area contributed by atoms with Gasteiger partial charge in [-0.05, 0) is 58.2 Å². The third-order valence-electron chi connectivity index (χ3n) is 2.86. The first-order chi connectivity index (χ1) is 9.45. The number of halogens is 2. The Balaban J connectivity index is 2.10. The maximum atomic E-state index is 13.3. The molecule has 0 saturated heterocycles. The summed E-state index contributed by atoms with van der Waals surface area (Å²) in [4.78, 5) is 12.0. The molecule has 2 aromatic carbocycles. The van der Waals surface area contributed by atoms with Crippen LogP contribution in [0.2, 0.25) is 0 Å². The number of amides is 1. The van der Waals surface area contributed by atoms with Crippen molar-refractivity contribution in [2.24, 2.45) is 0 Å². The van der Waals surface area contributed by atoms with Crippen LogP contribution in [-0.2, 0) is 11.2 Å². The van der Waals surface area contributed by atoms with Gasteiger partial charge in [0.25, 0.3) is 0 Å². The van der Waals surface area contributed by atoms with E-state index < -0.39 is 0 Å². The van der Waals surface area contributed by atoms with Crippen LogP contribution in [0.5, 0.6) is 0 Å². The van der Waals surface area contributed by atoms with Gasteiger partial charge in [-0.3, -0.25) is 4.79 Å². The molecule has 0 aliphatic rings. The molecule has 0 fully saturated rings. The topological polar surface area (TPSA) is 55.1 Å². The van der Waals surface area contributed by atoms with Crippen molar-refractivity contribution in [1.82, 2.24) is 0 Å². The van der Waals surface area contributed by atoms with Crippen LogP contribution >= 0.6 is 15.9 Å². The third-order valence-corrected chi connectivity index (χ3v) is 3.46. The Labute approximate surface area is 125 Å². The summed E-state index contributed by atoms with van der Waals surface area (Å²) in [5, 5.41) is 2.77. The van der Waals surface area contributed by atoms with Crippen LogP contribution in [0.4, 0.5) is 15.8 Å². The zero-order valence-electron chi connectivity index (χ0n) is 10.9. The predicted molar refractivity (Wildman–Crippen MR) is 82.0 cm³/mol. The van der Waals surface area contributed by atoms with Crippen molar-refractivity contribution in [2.45, 2.75) is 13.3 Å². The van der Waals surface area contributed by atoms with E-state index in [4.69, 9.17) is 5.73 Å². The van der Waals surface area contributed by atoms with Gasteiger partial charge >= 0.3 is 0 Å². The highest BCUT2D eigenvalue weighted by atomic mass is 79.9. The SMILES string of the molecule is Cc1cc(F)c(Br)cc1NC(=O)Cc1cccc(N)c1. The molecule has 0 aliphatic carbocycles. The molecule has 5 heteroatoms. The molecular formula is C15H14BrFN2O.